The molecule has 0 spiro atoms. The summed E-state index contributed by atoms with van der Waals surface area (Å²) in [5.41, 5.74) is 5.21. The molecule has 0 bridgehead atoms. The molecule has 0 aromatic heterocycles. The zero-order chi connectivity index (χ0) is 11.0. The molecule has 3 unspecified atom stereocenters. The SMILES string of the molecule is CC1CCNC1C(=O)N1CCC1C(N)=O. The van der Waals surface area contributed by atoms with Gasteiger partial charge in [0.15, 0.2) is 0 Å². The maximum absolute atomic E-state index is 12.0. The quantitative estimate of drug-likeness (QED) is 0.619. The largest absolute Gasteiger partial charge is 0.368 e. The summed E-state index contributed by atoms with van der Waals surface area (Å²) in [7, 11) is 0. The van der Waals surface area contributed by atoms with Crippen LogP contribution in [0.15, 0.2) is 0 Å². The average molecular weight is 211 g/mol. The molecule has 84 valence electrons. The van der Waals surface area contributed by atoms with Gasteiger partial charge < -0.3 is 16.0 Å². The second kappa shape index (κ2) is 3.81. The molecule has 2 amide bonds. The minimum atomic E-state index is -0.389. The Morgan fingerprint density at radius 2 is 2.13 bits per heavy atom. The summed E-state index contributed by atoms with van der Waals surface area (Å²) in [5, 5.41) is 3.17. The number of hydrogen-bond donors (Lipinski definition) is 2. The molecule has 2 saturated heterocycles. The van der Waals surface area contributed by atoms with Crippen molar-refractivity contribution in [1.29, 1.82) is 0 Å². The topological polar surface area (TPSA) is 75.4 Å². The van der Waals surface area contributed by atoms with Gasteiger partial charge in [-0.25, -0.2) is 0 Å². The third kappa shape index (κ3) is 1.71. The first-order chi connectivity index (χ1) is 7.11. The van der Waals surface area contributed by atoms with Crippen molar-refractivity contribution in [2.45, 2.75) is 31.8 Å². The number of nitrogens with two attached hydrogens (primary N) is 1. The monoisotopic (exact) mass is 211 g/mol. The molecule has 3 atom stereocenters. The normalized spacial score (nSPS) is 35.0. The fourth-order valence-electron chi connectivity index (χ4n) is 2.29. The molecular weight excluding hydrogens is 194 g/mol. The van der Waals surface area contributed by atoms with Gasteiger partial charge in [-0.15, -0.1) is 0 Å². The number of carbonyl (C=O) groups is 2. The van der Waals surface area contributed by atoms with E-state index in [0.29, 0.717) is 18.9 Å². The van der Waals surface area contributed by atoms with E-state index in [0.717, 1.165) is 13.0 Å². The second-order valence-electron chi connectivity index (χ2n) is 4.44. The molecule has 0 aliphatic carbocycles. The molecule has 2 fully saturated rings. The molecule has 5 heteroatoms. The van der Waals surface area contributed by atoms with Crippen LogP contribution < -0.4 is 11.1 Å². The Bertz CT molecular complexity index is 292. The predicted octanol–water partition coefficient (Wildman–Crippen LogP) is -0.929. The molecule has 0 aromatic rings. The second-order valence-corrected chi connectivity index (χ2v) is 4.44. The van der Waals surface area contributed by atoms with Crippen molar-refractivity contribution in [3.8, 4) is 0 Å². The highest BCUT2D eigenvalue weighted by Crippen LogP contribution is 2.23. The minimum Gasteiger partial charge on any atom is -0.368 e. The van der Waals surface area contributed by atoms with Crippen LogP contribution in [0, 0.1) is 5.92 Å². The van der Waals surface area contributed by atoms with E-state index in [1.165, 1.54) is 0 Å². The van der Waals surface area contributed by atoms with Crippen LogP contribution in [0.3, 0.4) is 0 Å². The van der Waals surface area contributed by atoms with Crippen molar-refractivity contribution >= 4 is 11.8 Å². The lowest BCUT2D eigenvalue weighted by molar-refractivity contribution is -0.148. The van der Waals surface area contributed by atoms with E-state index in [1.54, 1.807) is 4.90 Å². The molecule has 0 radical (unpaired) electrons. The molecule has 2 heterocycles. The number of primary amides is 1. The Balaban J connectivity index is 1.99. The zero-order valence-electron chi connectivity index (χ0n) is 8.90. The van der Waals surface area contributed by atoms with E-state index in [4.69, 9.17) is 5.73 Å². The van der Waals surface area contributed by atoms with E-state index < -0.39 is 0 Å². The van der Waals surface area contributed by atoms with Crippen molar-refractivity contribution in [3.63, 3.8) is 0 Å². The molecule has 2 aliphatic rings. The van der Waals surface area contributed by atoms with E-state index >= 15 is 0 Å². The van der Waals surface area contributed by atoms with E-state index in [-0.39, 0.29) is 23.9 Å². The van der Waals surface area contributed by atoms with Crippen molar-refractivity contribution in [3.05, 3.63) is 0 Å². The molecule has 2 aliphatic heterocycles. The number of likely N-dealkylation sites (tertiary alicyclic amines) is 1. The van der Waals surface area contributed by atoms with Gasteiger partial charge in [0.25, 0.3) is 0 Å². The number of nitrogens with zero attached hydrogens (tertiary/aromatic N) is 1. The third-order valence-corrected chi connectivity index (χ3v) is 3.43. The van der Waals surface area contributed by atoms with Crippen LogP contribution in [-0.2, 0) is 9.59 Å². The third-order valence-electron chi connectivity index (χ3n) is 3.43. The number of hydrogen-bond acceptors (Lipinski definition) is 3. The first-order valence-electron chi connectivity index (χ1n) is 5.44. The molecule has 0 aromatic carbocycles. The Hall–Kier alpha value is -1.10. The van der Waals surface area contributed by atoms with E-state index in [1.807, 2.05) is 0 Å². The van der Waals surface area contributed by atoms with Gasteiger partial charge in [0.2, 0.25) is 11.8 Å². The van der Waals surface area contributed by atoms with Crippen LogP contribution >= 0.6 is 0 Å². The summed E-state index contributed by atoms with van der Waals surface area (Å²) in [4.78, 5) is 24.6. The lowest BCUT2D eigenvalue weighted by Crippen LogP contribution is -2.61. The van der Waals surface area contributed by atoms with Crippen LogP contribution in [0.25, 0.3) is 0 Å². The van der Waals surface area contributed by atoms with Gasteiger partial charge in [0.1, 0.15) is 6.04 Å². The highest BCUT2D eigenvalue weighted by Gasteiger charge is 2.41. The first kappa shape index (κ1) is 10.4. The van der Waals surface area contributed by atoms with E-state index in [2.05, 4.69) is 12.2 Å². The lowest BCUT2D eigenvalue weighted by Gasteiger charge is -2.40. The van der Waals surface area contributed by atoms with Gasteiger partial charge >= 0.3 is 0 Å². The molecule has 3 N–H and O–H groups in total. The number of amides is 2. The summed E-state index contributed by atoms with van der Waals surface area (Å²) in [6.45, 7) is 3.60. The van der Waals surface area contributed by atoms with Gasteiger partial charge in [-0.3, -0.25) is 9.59 Å². The smallest absolute Gasteiger partial charge is 0.240 e. The fraction of sp³-hybridized carbons (Fsp3) is 0.800. The highest BCUT2D eigenvalue weighted by molar-refractivity contribution is 5.90. The summed E-state index contributed by atoms with van der Waals surface area (Å²) in [5.74, 6) is 0.00178. The molecule has 0 saturated carbocycles. The molecular formula is C10H17N3O2. The summed E-state index contributed by atoms with van der Waals surface area (Å²) in [6, 6.07) is -0.487. The summed E-state index contributed by atoms with van der Waals surface area (Å²) < 4.78 is 0. The van der Waals surface area contributed by atoms with Crippen molar-refractivity contribution in [2.24, 2.45) is 11.7 Å². The highest BCUT2D eigenvalue weighted by atomic mass is 16.2. The van der Waals surface area contributed by atoms with Crippen molar-refractivity contribution in [2.75, 3.05) is 13.1 Å². The summed E-state index contributed by atoms with van der Waals surface area (Å²) >= 11 is 0. The first-order valence-corrected chi connectivity index (χ1v) is 5.44. The van der Waals surface area contributed by atoms with Crippen LogP contribution in [0.2, 0.25) is 0 Å². The standard InChI is InChI=1S/C10H17N3O2/c1-6-2-4-12-8(6)10(15)13-5-3-7(13)9(11)14/h6-8,12H,2-5H2,1H3,(H2,11,14). The van der Waals surface area contributed by atoms with Crippen LogP contribution in [0.1, 0.15) is 19.8 Å². The number of nitrogens with one attached hydrogen (secondary N) is 1. The van der Waals surface area contributed by atoms with Gasteiger partial charge in [0.05, 0.1) is 6.04 Å². The Morgan fingerprint density at radius 3 is 2.53 bits per heavy atom. The van der Waals surface area contributed by atoms with Gasteiger partial charge in [-0.05, 0) is 25.3 Å². The lowest BCUT2D eigenvalue weighted by atomic mass is 9.96. The van der Waals surface area contributed by atoms with Crippen molar-refractivity contribution < 1.29 is 9.59 Å². The van der Waals surface area contributed by atoms with Crippen LogP contribution in [0.4, 0.5) is 0 Å². The van der Waals surface area contributed by atoms with Crippen LogP contribution in [-0.4, -0.2) is 41.9 Å². The molecule has 2 rings (SSSR count). The zero-order valence-corrected chi connectivity index (χ0v) is 8.90. The fourth-order valence-corrected chi connectivity index (χ4v) is 2.29. The molecule has 15 heavy (non-hydrogen) atoms. The van der Waals surface area contributed by atoms with Gasteiger partial charge in [-0.2, -0.15) is 0 Å². The van der Waals surface area contributed by atoms with E-state index in [9.17, 15) is 9.59 Å². The Kier molecular flexibility index (Phi) is 2.65. The minimum absolute atomic E-state index is 0.0371. The number of rotatable bonds is 2. The maximum Gasteiger partial charge on any atom is 0.240 e. The molecule has 5 nitrogen and oxygen atoms in total. The van der Waals surface area contributed by atoms with Crippen LogP contribution in [0.5, 0.6) is 0 Å². The Morgan fingerprint density at radius 1 is 1.40 bits per heavy atom. The average Bonchev–Trinajstić information content (AvgIpc) is 2.47. The Labute approximate surface area is 89.0 Å². The van der Waals surface area contributed by atoms with Gasteiger partial charge in [0, 0.05) is 6.54 Å². The van der Waals surface area contributed by atoms with Crippen molar-refractivity contribution in [1.82, 2.24) is 10.2 Å². The van der Waals surface area contributed by atoms with Gasteiger partial charge in [-0.1, -0.05) is 6.92 Å². The number of carbonyl (C=O) groups excluding carboxylic acids is 2. The predicted molar refractivity (Wildman–Crippen MR) is 54.9 cm³/mol. The summed E-state index contributed by atoms with van der Waals surface area (Å²) in [6.07, 6.45) is 1.73. The maximum atomic E-state index is 12.0.